The highest BCUT2D eigenvalue weighted by atomic mass is 16.1. The third-order valence-electron chi connectivity index (χ3n) is 2.99. The van der Waals surface area contributed by atoms with Crippen LogP contribution in [-0.2, 0) is 20.1 Å². The number of aryl methyl sites for hydroxylation is 1. The molecule has 0 aliphatic carbocycles. The summed E-state index contributed by atoms with van der Waals surface area (Å²) in [7, 11) is 3.65. The second-order valence-electron chi connectivity index (χ2n) is 4.56. The molecule has 0 radical (unpaired) electrons. The third-order valence-corrected chi connectivity index (χ3v) is 2.99. The fourth-order valence-corrected chi connectivity index (χ4v) is 1.93. The van der Waals surface area contributed by atoms with Crippen LogP contribution < -0.4 is 10.6 Å². The summed E-state index contributed by atoms with van der Waals surface area (Å²) in [5.41, 5.74) is 3.13. The van der Waals surface area contributed by atoms with Gasteiger partial charge in [0.15, 0.2) is 0 Å². The van der Waals surface area contributed by atoms with Crippen LogP contribution in [0.3, 0.4) is 0 Å². The molecule has 0 aliphatic heterocycles. The van der Waals surface area contributed by atoms with Crippen LogP contribution in [0.2, 0.25) is 0 Å². The molecule has 1 heterocycles. The van der Waals surface area contributed by atoms with E-state index in [2.05, 4.69) is 22.9 Å². The van der Waals surface area contributed by atoms with Gasteiger partial charge in [0.1, 0.15) is 0 Å². The van der Waals surface area contributed by atoms with Crippen LogP contribution in [-0.4, -0.2) is 17.5 Å². The van der Waals surface area contributed by atoms with Crippen LogP contribution in [0.25, 0.3) is 0 Å². The van der Waals surface area contributed by atoms with Gasteiger partial charge in [-0.15, -0.1) is 0 Å². The highest BCUT2D eigenvalue weighted by Crippen LogP contribution is 2.05. The molecular formula is C15H19N3O. The summed E-state index contributed by atoms with van der Waals surface area (Å²) in [5, 5.41) is 5.99. The molecule has 2 rings (SSSR count). The van der Waals surface area contributed by atoms with Crippen LogP contribution in [0.15, 0.2) is 42.7 Å². The Bertz CT molecular complexity index is 543. The molecule has 19 heavy (non-hydrogen) atoms. The topological polar surface area (TPSA) is 46.1 Å². The van der Waals surface area contributed by atoms with Crippen molar-refractivity contribution < 1.29 is 4.79 Å². The van der Waals surface area contributed by atoms with Crippen molar-refractivity contribution >= 4 is 5.91 Å². The number of hydrogen-bond donors (Lipinski definition) is 2. The van der Waals surface area contributed by atoms with Crippen molar-refractivity contribution in [2.45, 2.75) is 13.1 Å². The number of hydrogen-bond acceptors (Lipinski definition) is 2. The van der Waals surface area contributed by atoms with Gasteiger partial charge >= 0.3 is 0 Å². The van der Waals surface area contributed by atoms with Gasteiger partial charge in [0.05, 0.1) is 0 Å². The van der Waals surface area contributed by atoms with Gasteiger partial charge in [-0.05, 0) is 29.3 Å². The van der Waals surface area contributed by atoms with Crippen molar-refractivity contribution in [2.75, 3.05) is 7.05 Å². The Labute approximate surface area is 113 Å². The molecule has 0 bridgehead atoms. The van der Waals surface area contributed by atoms with Crippen molar-refractivity contribution in [3.05, 3.63) is 59.4 Å². The maximum atomic E-state index is 11.4. The zero-order valence-corrected chi connectivity index (χ0v) is 11.3. The van der Waals surface area contributed by atoms with E-state index in [1.54, 1.807) is 7.05 Å². The Kier molecular flexibility index (Phi) is 4.36. The molecular weight excluding hydrogens is 238 g/mol. The Morgan fingerprint density at radius 1 is 1.11 bits per heavy atom. The van der Waals surface area contributed by atoms with E-state index < -0.39 is 0 Å². The minimum Gasteiger partial charge on any atom is -0.357 e. The highest BCUT2D eigenvalue weighted by Gasteiger charge is 2.02. The number of carbonyl (C=O) groups is 1. The van der Waals surface area contributed by atoms with E-state index in [0.717, 1.165) is 13.1 Å². The average molecular weight is 257 g/mol. The number of nitrogens with one attached hydrogen (secondary N) is 2. The summed E-state index contributed by atoms with van der Waals surface area (Å²) >= 11 is 0. The van der Waals surface area contributed by atoms with Crippen LogP contribution in [0.4, 0.5) is 0 Å². The molecule has 2 N–H and O–H groups in total. The second kappa shape index (κ2) is 6.20. The van der Waals surface area contributed by atoms with E-state index >= 15 is 0 Å². The second-order valence-corrected chi connectivity index (χ2v) is 4.56. The molecule has 0 saturated heterocycles. The SMILES string of the molecule is CNC(=O)c1ccc(CNCc2ccn(C)c2)cc1. The van der Waals surface area contributed by atoms with Gasteiger partial charge < -0.3 is 15.2 Å². The number of amides is 1. The average Bonchev–Trinajstić information content (AvgIpc) is 2.84. The summed E-state index contributed by atoms with van der Waals surface area (Å²) in [6, 6.07) is 9.74. The van der Waals surface area contributed by atoms with Gasteiger partial charge in [-0.3, -0.25) is 4.79 Å². The molecule has 0 unspecified atom stereocenters. The number of carbonyl (C=O) groups excluding carboxylic acids is 1. The van der Waals surface area contributed by atoms with Crippen molar-refractivity contribution in [3.63, 3.8) is 0 Å². The largest absolute Gasteiger partial charge is 0.357 e. The van der Waals surface area contributed by atoms with E-state index in [1.165, 1.54) is 11.1 Å². The number of benzene rings is 1. The fraction of sp³-hybridized carbons (Fsp3) is 0.267. The van der Waals surface area contributed by atoms with Crippen molar-refractivity contribution in [1.29, 1.82) is 0 Å². The van der Waals surface area contributed by atoms with Gasteiger partial charge in [0.2, 0.25) is 0 Å². The lowest BCUT2D eigenvalue weighted by Gasteiger charge is -2.05. The van der Waals surface area contributed by atoms with E-state index in [1.807, 2.05) is 42.1 Å². The van der Waals surface area contributed by atoms with Gasteiger partial charge in [-0.25, -0.2) is 0 Å². The van der Waals surface area contributed by atoms with Crippen LogP contribution in [0.5, 0.6) is 0 Å². The first-order chi connectivity index (χ1) is 9.19. The summed E-state index contributed by atoms with van der Waals surface area (Å²) < 4.78 is 2.04. The first-order valence-electron chi connectivity index (χ1n) is 6.31. The van der Waals surface area contributed by atoms with E-state index in [4.69, 9.17) is 0 Å². The molecule has 1 aromatic carbocycles. The quantitative estimate of drug-likeness (QED) is 0.856. The van der Waals surface area contributed by atoms with Gasteiger partial charge in [0, 0.05) is 45.1 Å². The Balaban J connectivity index is 1.84. The molecule has 0 spiro atoms. The smallest absolute Gasteiger partial charge is 0.251 e. The van der Waals surface area contributed by atoms with E-state index in [0.29, 0.717) is 5.56 Å². The lowest BCUT2D eigenvalue weighted by atomic mass is 10.1. The minimum atomic E-state index is -0.0520. The molecule has 1 aromatic heterocycles. The van der Waals surface area contributed by atoms with Crippen molar-refractivity contribution in [1.82, 2.24) is 15.2 Å². The monoisotopic (exact) mass is 257 g/mol. The first-order valence-corrected chi connectivity index (χ1v) is 6.31. The van der Waals surface area contributed by atoms with Gasteiger partial charge in [-0.1, -0.05) is 12.1 Å². The molecule has 0 saturated carbocycles. The lowest BCUT2D eigenvalue weighted by Crippen LogP contribution is -2.18. The van der Waals surface area contributed by atoms with Crippen LogP contribution >= 0.6 is 0 Å². The molecule has 4 nitrogen and oxygen atoms in total. The molecule has 1 amide bonds. The Morgan fingerprint density at radius 3 is 2.37 bits per heavy atom. The van der Waals surface area contributed by atoms with Crippen molar-refractivity contribution in [3.8, 4) is 0 Å². The number of aromatic nitrogens is 1. The summed E-state index contributed by atoms with van der Waals surface area (Å²) in [6.07, 6.45) is 4.14. The zero-order valence-electron chi connectivity index (χ0n) is 11.3. The summed E-state index contributed by atoms with van der Waals surface area (Å²) in [4.78, 5) is 11.4. The summed E-state index contributed by atoms with van der Waals surface area (Å²) in [5.74, 6) is -0.0520. The predicted octanol–water partition coefficient (Wildman–Crippen LogP) is 1.67. The van der Waals surface area contributed by atoms with E-state index in [-0.39, 0.29) is 5.91 Å². The minimum absolute atomic E-state index is 0.0520. The highest BCUT2D eigenvalue weighted by molar-refractivity contribution is 5.93. The standard InChI is InChI=1S/C15H19N3O/c1-16-15(19)14-5-3-12(4-6-14)9-17-10-13-7-8-18(2)11-13/h3-8,11,17H,9-10H2,1-2H3,(H,16,19). The maximum Gasteiger partial charge on any atom is 0.251 e. The normalized spacial score (nSPS) is 10.4. The Hall–Kier alpha value is -2.07. The van der Waals surface area contributed by atoms with Crippen molar-refractivity contribution in [2.24, 2.45) is 7.05 Å². The van der Waals surface area contributed by atoms with Crippen LogP contribution in [0, 0.1) is 0 Å². The molecule has 100 valence electrons. The summed E-state index contributed by atoms with van der Waals surface area (Å²) in [6.45, 7) is 1.64. The Morgan fingerprint density at radius 2 is 1.79 bits per heavy atom. The maximum absolute atomic E-state index is 11.4. The molecule has 2 aromatic rings. The fourth-order valence-electron chi connectivity index (χ4n) is 1.93. The first kappa shape index (κ1) is 13.4. The van der Waals surface area contributed by atoms with Gasteiger partial charge in [0.25, 0.3) is 5.91 Å². The molecule has 0 fully saturated rings. The molecule has 0 aliphatic rings. The molecule has 0 atom stereocenters. The lowest BCUT2D eigenvalue weighted by molar-refractivity contribution is 0.0963. The van der Waals surface area contributed by atoms with Gasteiger partial charge in [-0.2, -0.15) is 0 Å². The molecule has 4 heteroatoms. The van der Waals surface area contributed by atoms with Crippen LogP contribution in [0.1, 0.15) is 21.5 Å². The number of nitrogens with zero attached hydrogens (tertiary/aromatic N) is 1. The third kappa shape index (κ3) is 3.69. The number of rotatable bonds is 5. The predicted molar refractivity (Wildman–Crippen MR) is 75.8 cm³/mol. The van der Waals surface area contributed by atoms with E-state index in [9.17, 15) is 4.79 Å². The zero-order chi connectivity index (χ0) is 13.7.